The lowest BCUT2D eigenvalue weighted by molar-refractivity contribution is -0.119. The van der Waals surface area contributed by atoms with Crippen LogP contribution >= 0.6 is 0 Å². The second-order valence-corrected chi connectivity index (χ2v) is 5.61. The van der Waals surface area contributed by atoms with Gasteiger partial charge in [0.2, 0.25) is 0 Å². The molecule has 0 heterocycles. The van der Waals surface area contributed by atoms with Crippen LogP contribution in [-0.4, -0.2) is 23.6 Å². The predicted octanol–water partition coefficient (Wildman–Crippen LogP) is 3.98. The fraction of sp³-hybridized carbons (Fsp3) is 0.0476. The highest BCUT2D eigenvalue weighted by molar-refractivity contribution is 5.95. The van der Waals surface area contributed by atoms with Crippen molar-refractivity contribution >= 4 is 17.6 Å². The molecule has 1 amide bonds. The van der Waals surface area contributed by atoms with Crippen molar-refractivity contribution in [3.63, 3.8) is 0 Å². The Balaban J connectivity index is 1.49. The molecule has 0 aliphatic rings. The van der Waals surface area contributed by atoms with Crippen LogP contribution < -0.4 is 10.1 Å². The van der Waals surface area contributed by atoms with E-state index in [-0.39, 0.29) is 11.3 Å². The minimum Gasteiger partial charge on any atom is -0.508 e. The van der Waals surface area contributed by atoms with Crippen LogP contribution in [0.3, 0.4) is 0 Å². The number of amides is 1. The smallest absolute Gasteiger partial charge is 0.338 e. The Bertz CT molecular complexity index is 906. The third kappa shape index (κ3) is 5.34. The molecule has 0 atom stereocenters. The van der Waals surface area contributed by atoms with Crippen molar-refractivity contribution in [2.75, 3.05) is 11.9 Å². The maximum Gasteiger partial charge on any atom is 0.338 e. The molecular formula is C21H17NO5. The highest BCUT2D eigenvalue weighted by atomic mass is 16.5. The molecule has 136 valence electrons. The molecule has 0 aliphatic carbocycles. The average Bonchev–Trinajstić information content (AvgIpc) is 2.69. The van der Waals surface area contributed by atoms with Gasteiger partial charge in [0, 0.05) is 5.69 Å². The lowest BCUT2D eigenvalue weighted by atomic mass is 10.2. The number of rotatable bonds is 6. The van der Waals surface area contributed by atoms with Crippen molar-refractivity contribution in [2.45, 2.75) is 0 Å². The van der Waals surface area contributed by atoms with E-state index in [1.807, 2.05) is 30.3 Å². The summed E-state index contributed by atoms with van der Waals surface area (Å²) in [7, 11) is 0. The number of esters is 1. The molecule has 3 aromatic rings. The molecule has 3 aromatic carbocycles. The van der Waals surface area contributed by atoms with E-state index in [4.69, 9.17) is 9.47 Å². The van der Waals surface area contributed by atoms with Crippen LogP contribution in [0, 0.1) is 0 Å². The Kier molecular flexibility index (Phi) is 5.69. The molecule has 0 saturated carbocycles. The topological polar surface area (TPSA) is 84.9 Å². The number of ether oxygens (including phenoxy) is 2. The number of para-hydroxylation sites is 1. The first-order valence-corrected chi connectivity index (χ1v) is 8.19. The fourth-order valence-corrected chi connectivity index (χ4v) is 2.24. The molecule has 0 saturated heterocycles. The summed E-state index contributed by atoms with van der Waals surface area (Å²) in [5, 5.41) is 11.8. The molecule has 2 N–H and O–H groups in total. The summed E-state index contributed by atoms with van der Waals surface area (Å²) in [6.45, 7) is -0.415. The van der Waals surface area contributed by atoms with Crippen LogP contribution in [0.25, 0.3) is 0 Å². The summed E-state index contributed by atoms with van der Waals surface area (Å²) in [5.74, 6) is 0.299. The predicted molar refractivity (Wildman–Crippen MR) is 100.0 cm³/mol. The van der Waals surface area contributed by atoms with E-state index in [1.165, 1.54) is 24.3 Å². The molecule has 0 fully saturated rings. The van der Waals surface area contributed by atoms with E-state index in [9.17, 15) is 14.7 Å². The molecule has 0 spiro atoms. The van der Waals surface area contributed by atoms with Gasteiger partial charge in [0.15, 0.2) is 6.61 Å². The lowest BCUT2D eigenvalue weighted by Gasteiger charge is -2.08. The van der Waals surface area contributed by atoms with E-state index < -0.39 is 18.5 Å². The highest BCUT2D eigenvalue weighted by Gasteiger charge is 2.10. The fourth-order valence-electron chi connectivity index (χ4n) is 2.24. The van der Waals surface area contributed by atoms with Crippen molar-refractivity contribution in [1.82, 2.24) is 0 Å². The highest BCUT2D eigenvalue weighted by Crippen LogP contribution is 2.22. The zero-order valence-corrected chi connectivity index (χ0v) is 14.3. The zero-order chi connectivity index (χ0) is 19.1. The van der Waals surface area contributed by atoms with E-state index in [0.29, 0.717) is 11.4 Å². The van der Waals surface area contributed by atoms with Gasteiger partial charge in [-0.1, -0.05) is 18.2 Å². The van der Waals surface area contributed by atoms with Crippen LogP contribution in [0.2, 0.25) is 0 Å². The summed E-state index contributed by atoms with van der Waals surface area (Å²) in [6, 6.07) is 21.8. The number of aromatic hydroxyl groups is 1. The number of hydrogen-bond acceptors (Lipinski definition) is 5. The van der Waals surface area contributed by atoms with E-state index in [1.54, 1.807) is 24.3 Å². The van der Waals surface area contributed by atoms with Gasteiger partial charge in [-0.05, 0) is 60.7 Å². The summed E-state index contributed by atoms with van der Waals surface area (Å²) in [6.07, 6.45) is 0. The van der Waals surface area contributed by atoms with Crippen LogP contribution in [0.4, 0.5) is 5.69 Å². The Morgan fingerprint density at radius 3 is 2.11 bits per heavy atom. The van der Waals surface area contributed by atoms with Crippen LogP contribution in [0.5, 0.6) is 17.2 Å². The van der Waals surface area contributed by atoms with Gasteiger partial charge >= 0.3 is 5.97 Å². The molecule has 0 unspecified atom stereocenters. The van der Waals surface area contributed by atoms with Crippen LogP contribution in [0.15, 0.2) is 78.9 Å². The summed E-state index contributed by atoms with van der Waals surface area (Å²) >= 11 is 0. The van der Waals surface area contributed by atoms with Gasteiger partial charge in [0.25, 0.3) is 5.91 Å². The van der Waals surface area contributed by atoms with E-state index in [2.05, 4.69) is 5.32 Å². The van der Waals surface area contributed by atoms with Crippen molar-refractivity contribution in [3.05, 3.63) is 84.4 Å². The van der Waals surface area contributed by atoms with Crippen molar-refractivity contribution in [1.29, 1.82) is 0 Å². The Labute approximate surface area is 156 Å². The molecule has 0 bridgehead atoms. The normalized spacial score (nSPS) is 10.1. The first kappa shape index (κ1) is 18.0. The quantitative estimate of drug-likeness (QED) is 0.647. The standard InChI is InChI=1S/C21H17NO5/c23-17-10-6-15(7-11-17)21(25)26-14-20(24)22-16-8-12-19(13-9-16)27-18-4-2-1-3-5-18/h1-13,23H,14H2,(H,22,24). The molecule has 0 aliphatic heterocycles. The second-order valence-electron chi connectivity index (χ2n) is 5.61. The first-order valence-electron chi connectivity index (χ1n) is 8.19. The molecule has 0 radical (unpaired) electrons. The zero-order valence-electron chi connectivity index (χ0n) is 14.3. The Hall–Kier alpha value is -3.80. The van der Waals surface area contributed by atoms with Gasteiger partial charge in [0.05, 0.1) is 5.56 Å². The van der Waals surface area contributed by atoms with Gasteiger partial charge in [-0.2, -0.15) is 0 Å². The summed E-state index contributed by atoms with van der Waals surface area (Å²) in [4.78, 5) is 23.7. The minimum atomic E-state index is -0.642. The number of carbonyl (C=O) groups is 2. The maximum atomic E-state index is 11.9. The summed E-state index contributed by atoms with van der Waals surface area (Å²) < 4.78 is 10.6. The average molecular weight is 363 g/mol. The van der Waals surface area contributed by atoms with Gasteiger partial charge in [-0.3, -0.25) is 4.79 Å². The van der Waals surface area contributed by atoms with E-state index >= 15 is 0 Å². The molecular weight excluding hydrogens is 346 g/mol. The number of carbonyl (C=O) groups excluding carboxylic acids is 2. The SMILES string of the molecule is O=C(COC(=O)c1ccc(O)cc1)Nc1ccc(Oc2ccccc2)cc1. The largest absolute Gasteiger partial charge is 0.508 e. The molecule has 0 aromatic heterocycles. The van der Waals surface area contributed by atoms with E-state index in [0.717, 1.165) is 5.75 Å². The second kappa shape index (κ2) is 8.53. The maximum absolute atomic E-state index is 11.9. The molecule has 3 rings (SSSR count). The summed E-state index contributed by atoms with van der Waals surface area (Å²) in [5.41, 5.74) is 0.809. The van der Waals surface area contributed by atoms with Crippen molar-refractivity contribution in [3.8, 4) is 17.2 Å². The number of hydrogen-bond donors (Lipinski definition) is 2. The third-order valence-corrected chi connectivity index (χ3v) is 3.55. The number of phenolic OH excluding ortho intramolecular Hbond substituents is 1. The number of anilines is 1. The first-order chi connectivity index (χ1) is 13.1. The minimum absolute atomic E-state index is 0.0454. The monoisotopic (exact) mass is 363 g/mol. The van der Waals surface area contributed by atoms with Gasteiger partial charge in [-0.15, -0.1) is 0 Å². The molecule has 6 heteroatoms. The number of phenols is 1. The molecule has 27 heavy (non-hydrogen) atoms. The van der Waals surface area contributed by atoms with Crippen LogP contribution in [0.1, 0.15) is 10.4 Å². The number of nitrogens with one attached hydrogen (secondary N) is 1. The number of benzene rings is 3. The van der Waals surface area contributed by atoms with Crippen molar-refractivity contribution < 1.29 is 24.2 Å². The van der Waals surface area contributed by atoms with Crippen LogP contribution in [-0.2, 0) is 9.53 Å². The van der Waals surface area contributed by atoms with Crippen molar-refractivity contribution in [2.24, 2.45) is 0 Å². The lowest BCUT2D eigenvalue weighted by Crippen LogP contribution is -2.20. The Morgan fingerprint density at radius 2 is 1.44 bits per heavy atom. The van der Waals surface area contributed by atoms with Gasteiger partial charge in [-0.25, -0.2) is 4.79 Å². The van der Waals surface area contributed by atoms with Gasteiger partial charge < -0.3 is 19.9 Å². The van der Waals surface area contributed by atoms with Gasteiger partial charge in [0.1, 0.15) is 17.2 Å². The molecule has 6 nitrogen and oxygen atoms in total. The third-order valence-electron chi connectivity index (χ3n) is 3.55. The Morgan fingerprint density at radius 1 is 0.815 bits per heavy atom.